The third-order valence-electron chi connectivity index (χ3n) is 2.85. The molecule has 1 amide bonds. The first-order valence-corrected chi connectivity index (χ1v) is 5.80. The number of carbonyl (C=O) groups excluding carboxylic acids is 1. The van der Waals surface area contributed by atoms with Crippen LogP contribution in [-0.2, 0) is 10.3 Å². The average Bonchev–Trinajstić information content (AvgIpc) is 2.77. The van der Waals surface area contributed by atoms with Crippen LogP contribution in [0.15, 0.2) is 16.9 Å². The average molecular weight is 241 g/mol. The fraction of sp³-hybridized carbons (Fsp3) is 0.583. The molecule has 0 unspecified atom stereocenters. The van der Waals surface area contributed by atoms with Crippen LogP contribution in [0.3, 0.4) is 0 Å². The van der Waals surface area contributed by atoms with Crippen LogP contribution in [0.5, 0.6) is 0 Å². The zero-order valence-electron chi connectivity index (χ0n) is 10.4. The Morgan fingerprint density at radius 2 is 2.06 bits per heavy atom. The highest BCUT2D eigenvalue weighted by Crippen LogP contribution is 2.34. The van der Waals surface area contributed by atoms with Gasteiger partial charge in [0.05, 0.1) is 24.2 Å². The zero-order chi connectivity index (χ0) is 12.9. The Bertz CT molecular complexity index is 368. The van der Waals surface area contributed by atoms with E-state index in [1.807, 2.05) is 13.8 Å². The van der Waals surface area contributed by atoms with Gasteiger partial charge in [0.25, 0.3) is 0 Å². The largest absolute Gasteiger partial charge is 0.470 e. The maximum Gasteiger partial charge on any atom is 0.411 e. The summed E-state index contributed by atoms with van der Waals surface area (Å²) in [5, 5.41) is 12.9. The summed E-state index contributed by atoms with van der Waals surface area (Å²) >= 11 is 0. The molecule has 0 aliphatic heterocycles. The lowest BCUT2D eigenvalue weighted by Gasteiger charge is -2.25. The summed E-state index contributed by atoms with van der Waals surface area (Å²) in [5.74, 6) is 0. The Labute approximate surface area is 101 Å². The smallest absolute Gasteiger partial charge is 0.411 e. The van der Waals surface area contributed by atoms with Crippen LogP contribution in [0.1, 0.15) is 39.2 Å². The molecule has 1 rings (SSSR count). The van der Waals surface area contributed by atoms with Crippen molar-refractivity contribution >= 4 is 11.8 Å². The van der Waals surface area contributed by atoms with Crippen molar-refractivity contribution in [2.45, 2.75) is 39.2 Å². The van der Waals surface area contributed by atoms with Crippen molar-refractivity contribution in [3.05, 3.63) is 18.1 Å². The fourth-order valence-electron chi connectivity index (χ4n) is 1.66. The summed E-state index contributed by atoms with van der Waals surface area (Å²) in [4.78, 5) is 11.3. The minimum atomic E-state index is -0.984. The third kappa shape index (κ3) is 3.00. The number of aliphatic hydroxyl groups is 1. The molecular formula is C12H19NO4. The Balaban J connectivity index is 2.89. The number of rotatable bonds is 5. The fourth-order valence-corrected chi connectivity index (χ4v) is 1.66. The van der Waals surface area contributed by atoms with Crippen LogP contribution < -0.4 is 5.32 Å². The Kier molecular flexibility index (Phi) is 4.57. The second-order valence-electron chi connectivity index (χ2n) is 3.78. The van der Waals surface area contributed by atoms with E-state index in [-0.39, 0.29) is 0 Å². The number of carbonyl (C=O) groups is 1. The first-order chi connectivity index (χ1) is 8.07. The molecule has 0 fully saturated rings. The van der Waals surface area contributed by atoms with Crippen molar-refractivity contribution in [2.24, 2.45) is 0 Å². The molecule has 96 valence electrons. The Morgan fingerprint density at radius 3 is 2.59 bits per heavy atom. The van der Waals surface area contributed by atoms with Crippen molar-refractivity contribution in [3.63, 3.8) is 0 Å². The molecule has 0 spiro atoms. The molecule has 0 saturated carbocycles. The van der Waals surface area contributed by atoms with E-state index in [4.69, 9.17) is 9.15 Å². The highest BCUT2D eigenvalue weighted by molar-refractivity contribution is 5.85. The van der Waals surface area contributed by atoms with Crippen LogP contribution >= 0.6 is 0 Å². The van der Waals surface area contributed by atoms with E-state index in [9.17, 15) is 9.90 Å². The standard InChI is InChI=1S/C12H19NO4/c1-4-12(15,5-2)9-7-16-8-10(9)13-11(14)17-6-3/h7-8,15H,4-6H2,1-3H3,(H,13,14). The van der Waals surface area contributed by atoms with Crippen LogP contribution in [-0.4, -0.2) is 17.8 Å². The maximum atomic E-state index is 11.3. The molecule has 0 aliphatic carbocycles. The molecule has 0 atom stereocenters. The van der Waals surface area contributed by atoms with Crippen molar-refractivity contribution in [3.8, 4) is 0 Å². The number of hydrogen-bond donors (Lipinski definition) is 2. The molecule has 5 nitrogen and oxygen atoms in total. The van der Waals surface area contributed by atoms with E-state index in [1.165, 1.54) is 12.5 Å². The molecule has 0 saturated heterocycles. The van der Waals surface area contributed by atoms with Gasteiger partial charge in [-0.3, -0.25) is 5.32 Å². The Hall–Kier alpha value is -1.49. The van der Waals surface area contributed by atoms with Crippen molar-refractivity contribution < 1.29 is 19.1 Å². The zero-order valence-corrected chi connectivity index (χ0v) is 10.4. The lowest BCUT2D eigenvalue weighted by Crippen LogP contribution is -2.25. The number of ether oxygens (including phenoxy) is 1. The van der Waals surface area contributed by atoms with Gasteiger partial charge in [0.1, 0.15) is 6.26 Å². The SMILES string of the molecule is CCOC(=O)Nc1cocc1C(O)(CC)CC. The monoisotopic (exact) mass is 241 g/mol. The van der Waals surface area contributed by atoms with Gasteiger partial charge in [0, 0.05) is 5.56 Å². The molecule has 1 aromatic heterocycles. The first-order valence-electron chi connectivity index (χ1n) is 5.80. The van der Waals surface area contributed by atoms with Crippen LogP contribution in [0.25, 0.3) is 0 Å². The van der Waals surface area contributed by atoms with Gasteiger partial charge in [-0.1, -0.05) is 13.8 Å². The highest BCUT2D eigenvalue weighted by Gasteiger charge is 2.30. The number of amides is 1. The predicted molar refractivity (Wildman–Crippen MR) is 63.8 cm³/mol. The van der Waals surface area contributed by atoms with Gasteiger partial charge in [-0.15, -0.1) is 0 Å². The molecule has 0 aliphatic rings. The van der Waals surface area contributed by atoms with Gasteiger partial charge in [0.15, 0.2) is 0 Å². The van der Waals surface area contributed by atoms with Crippen molar-refractivity contribution in [1.29, 1.82) is 0 Å². The lowest BCUT2D eigenvalue weighted by molar-refractivity contribution is 0.0284. The van der Waals surface area contributed by atoms with E-state index < -0.39 is 11.7 Å². The van der Waals surface area contributed by atoms with Crippen molar-refractivity contribution in [1.82, 2.24) is 0 Å². The number of furan rings is 1. The topological polar surface area (TPSA) is 71.7 Å². The predicted octanol–water partition coefficient (Wildman–Crippen LogP) is 2.86. The number of anilines is 1. The van der Waals surface area contributed by atoms with Crippen LogP contribution in [0.4, 0.5) is 10.5 Å². The van der Waals surface area contributed by atoms with E-state index in [0.29, 0.717) is 30.7 Å². The van der Waals surface area contributed by atoms with E-state index >= 15 is 0 Å². The molecule has 1 aromatic rings. The normalized spacial score (nSPS) is 11.3. The molecule has 1 heterocycles. The minimum absolute atomic E-state index is 0.296. The summed E-state index contributed by atoms with van der Waals surface area (Å²) in [7, 11) is 0. The quantitative estimate of drug-likeness (QED) is 0.831. The minimum Gasteiger partial charge on any atom is -0.470 e. The molecule has 17 heavy (non-hydrogen) atoms. The Morgan fingerprint density at radius 1 is 1.41 bits per heavy atom. The number of hydrogen-bond acceptors (Lipinski definition) is 4. The summed E-state index contributed by atoms with van der Waals surface area (Å²) in [5.41, 5.74) is 0.0483. The van der Waals surface area contributed by atoms with Gasteiger partial charge in [-0.05, 0) is 19.8 Å². The van der Waals surface area contributed by atoms with E-state index in [1.54, 1.807) is 6.92 Å². The van der Waals surface area contributed by atoms with Gasteiger partial charge in [0.2, 0.25) is 0 Å². The summed E-state index contributed by atoms with van der Waals surface area (Å²) in [6.45, 7) is 5.78. The van der Waals surface area contributed by atoms with E-state index in [0.717, 1.165) is 0 Å². The highest BCUT2D eigenvalue weighted by atomic mass is 16.5. The second-order valence-corrected chi connectivity index (χ2v) is 3.78. The first kappa shape index (κ1) is 13.6. The lowest BCUT2D eigenvalue weighted by atomic mass is 9.90. The number of nitrogens with one attached hydrogen (secondary N) is 1. The second kappa shape index (κ2) is 5.72. The molecule has 0 radical (unpaired) electrons. The van der Waals surface area contributed by atoms with Gasteiger partial charge in [-0.2, -0.15) is 0 Å². The molecule has 0 aromatic carbocycles. The summed E-state index contributed by atoms with van der Waals surface area (Å²) in [6, 6.07) is 0. The third-order valence-corrected chi connectivity index (χ3v) is 2.85. The van der Waals surface area contributed by atoms with Gasteiger partial charge in [-0.25, -0.2) is 4.79 Å². The summed E-state index contributed by atoms with van der Waals surface area (Å²) < 4.78 is 9.82. The molecule has 0 bridgehead atoms. The van der Waals surface area contributed by atoms with Crippen LogP contribution in [0, 0.1) is 0 Å². The van der Waals surface area contributed by atoms with Gasteiger partial charge >= 0.3 is 6.09 Å². The molecule has 2 N–H and O–H groups in total. The van der Waals surface area contributed by atoms with Crippen LogP contribution in [0.2, 0.25) is 0 Å². The summed E-state index contributed by atoms with van der Waals surface area (Å²) in [6.07, 6.45) is 3.38. The van der Waals surface area contributed by atoms with E-state index in [2.05, 4.69) is 5.32 Å². The van der Waals surface area contributed by atoms with Gasteiger partial charge < -0.3 is 14.3 Å². The molecule has 5 heteroatoms. The maximum absolute atomic E-state index is 11.3. The molecular weight excluding hydrogens is 222 g/mol. The van der Waals surface area contributed by atoms with Crippen molar-refractivity contribution in [2.75, 3.05) is 11.9 Å².